The maximum absolute atomic E-state index is 11.4. The van der Waals surface area contributed by atoms with Gasteiger partial charge in [-0.05, 0) is 30.7 Å². The van der Waals surface area contributed by atoms with E-state index in [0.717, 1.165) is 25.0 Å². The first-order valence-corrected chi connectivity index (χ1v) is 15.0. The molecule has 0 unspecified atom stereocenters. The molecule has 12 heteroatoms. The summed E-state index contributed by atoms with van der Waals surface area (Å²) in [5.74, 6) is 0.611. The minimum absolute atomic E-state index is 0.159. The van der Waals surface area contributed by atoms with Crippen LogP contribution in [0, 0.1) is 0 Å². The van der Waals surface area contributed by atoms with Gasteiger partial charge in [0.05, 0.1) is 106 Å². The maximum atomic E-state index is 11.4. The average molecular weight is 604 g/mol. The van der Waals surface area contributed by atoms with Gasteiger partial charge in [0.2, 0.25) is 0 Å². The lowest BCUT2D eigenvalue weighted by Crippen LogP contribution is -2.15. The molecule has 1 aromatic carbocycles. The molecule has 0 aliphatic carbocycles. The molecule has 0 saturated carbocycles. The summed E-state index contributed by atoms with van der Waals surface area (Å²) in [5.41, 5.74) is 6.34. The van der Waals surface area contributed by atoms with Gasteiger partial charge < -0.3 is 53.1 Å². The smallest absolute Gasteiger partial charge is 0.305 e. The molecular weight excluding hydrogens is 550 g/mol. The van der Waals surface area contributed by atoms with Crippen molar-refractivity contribution in [1.29, 1.82) is 0 Å². The van der Waals surface area contributed by atoms with Crippen LogP contribution in [0.4, 0.5) is 5.69 Å². The lowest BCUT2D eigenvalue weighted by Gasteiger charge is -2.09. The van der Waals surface area contributed by atoms with Crippen molar-refractivity contribution in [1.82, 2.24) is 0 Å². The molecule has 0 heterocycles. The minimum Gasteiger partial charge on any atom is -0.491 e. The first-order valence-electron chi connectivity index (χ1n) is 15.0. The number of hydrogen-bond donors (Lipinski definition) is 1. The molecule has 244 valence electrons. The highest BCUT2D eigenvalue weighted by molar-refractivity contribution is 5.69. The molecule has 1 aromatic rings. The van der Waals surface area contributed by atoms with Crippen LogP contribution in [0.5, 0.6) is 5.75 Å². The highest BCUT2D eigenvalue weighted by Gasteiger charge is 2.02. The van der Waals surface area contributed by atoms with Crippen LogP contribution < -0.4 is 10.5 Å². The SMILES string of the molecule is CCCCCC(=O)OCCOCCOCCOCCOCCOCCOCCOCCOCCOc1ccc(N)cc1. The summed E-state index contributed by atoms with van der Waals surface area (Å²) < 4.78 is 54.2. The molecule has 12 nitrogen and oxygen atoms in total. The first kappa shape index (κ1) is 38.0. The largest absolute Gasteiger partial charge is 0.491 e. The maximum Gasteiger partial charge on any atom is 0.305 e. The molecule has 0 radical (unpaired) electrons. The summed E-state index contributed by atoms with van der Waals surface area (Å²) in [6, 6.07) is 7.26. The molecular formula is C30H53NO11. The van der Waals surface area contributed by atoms with E-state index in [1.807, 2.05) is 12.1 Å². The second-order valence-corrected chi connectivity index (χ2v) is 8.99. The van der Waals surface area contributed by atoms with Gasteiger partial charge >= 0.3 is 5.97 Å². The molecule has 0 aromatic heterocycles. The Kier molecular flexibility index (Phi) is 27.5. The predicted molar refractivity (Wildman–Crippen MR) is 158 cm³/mol. The summed E-state index contributed by atoms with van der Waals surface area (Å²) in [6.07, 6.45) is 3.50. The predicted octanol–water partition coefficient (Wildman–Crippen LogP) is 2.90. The number of hydrogen-bond acceptors (Lipinski definition) is 12. The Labute approximate surface area is 251 Å². The number of rotatable bonds is 32. The Morgan fingerprint density at radius 1 is 0.524 bits per heavy atom. The van der Waals surface area contributed by atoms with Gasteiger partial charge in [0, 0.05) is 12.1 Å². The highest BCUT2D eigenvalue weighted by Crippen LogP contribution is 2.12. The molecule has 1 rings (SSSR count). The van der Waals surface area contributed by atoms with Crippen molar-refractivity contribution in [2.45, 2.75) is 32.6 Å². The van der Waals surface area contributed by atoms with Crippen molar-refractivity contribution < 1.29 is 52.2 Å². The summed E-state index contributed by atoms with van der Waals surface area (Å²) >= 11 is 0. The van der Waals surface area contributed by atoms with Crippen molar-refractivity contribution in [3.63, 3.8) is 0 Å². The van der Waals surface area contributed by atoms with Crippen LogP contribution in [-0.2, 0) is 47.4 Å². The van der Waals surface area contributed by atoms with Crippen molar-refractivity contribution in [2.24, 2.45) is 0 Å². The number of carbonyl (C=O) groups excluding carboxylic acids is 1. The topological polar surface area (TPSA) is 135 Å². The molecule has 0 atom stereocenters. The average Bonchev–Trinajstić information content (AvgIpc) is 2.99. The minimum atomic E-state index is -0.159. The van der Waals surface area contributed by atoms with Crippen molar-refractivity contribution in [3.8, 4) is 5.75 Å². The number of benzene rings is 1. The quantitative estimate of drug-likeness (QED) is 0.0737. The zero-order chi connectivity index (χ0) is 30.2. The Hall–Kier alpha value is -2.03. The molecule has 0 amide bonds. The van der Waals surface area contributed by atoms with Crippen LogP contribution >= 0.6 is 0 Å². The van der Waals surface area contributed by atoms with Crippen LogP contribution in [0.2, 0.25) is 0 Å². The van der Waals surface area contributed by atoms with Crippen molar-refractivity contribution >= 4 is 11.7 Å². The second kappa shape index (κ2) is 30.4. The fourth-order valence-electron chi connectivity index (χ4n) is 3.23. The van der Waals surface area contributed by atoms with Crippen LogP contribution in [0.1, 0.15) is 32.6 Å². The fourth-order valence-corrected chi connectivity index (χ4v) is 3.23. The molecule has 0 saturated heterocycles. The normalized spacial score (nSPS) is 11.2. The van der Waals surface area contributed by atoms with Gasteiger partial charge in [-0.25, -0.2) is 0 Å². The number of nitrogen functional groups attached to an aromatic ring is 1. The van der Waals surface area contributed by atoms with E-state index < -0.39 is 0 Å². The number of anilines is 1. The summed E-state index contributed by atoms with van der Waals surface area (Å²) in [7, 11) is 0. The summed E-state index contributed by atoms with van der Waals surface area (Å²) in [6.45, 7) is 10.6. The first-order chi connectivity index (χ1) is 20.7. The number of nitrogens with two attached hydrogens (primary N) is 1. The van der Waals surface area contributed by atoms with E-state index in [0.29, 0.717) is 124 Å². The van der Waals surface area contributed by atoms with Crippen LogP contribution in [0.3, 0.4) is 0 Å². The van der Waals surface area contributed by atoms with Crippen LogP contribution in [0.15, 0.2) is 24.3 Å². The van der Waals surface area contributed by atoms with E-state index in [-0.39, 0.29) is 12.6 Å². The standard InChI is InChI=1S/C30H53NO11/c1-2-3-4-5-30(32)42-27-25-40-23-21-38-19-17-36-15-13-34-11-10-33-12-14-35-16-18-37-20-22-39-24-26-41-29-8-6-28(31)7-9-29/h6-9H,2-5,10-27,31H2,1H3. The second-order valence-electron chi connectivity index (χ2n) is 8.99. The number of unbranched alkanes of at least 4 members (excludes halogenated alkanes) is 2. The van der Waals surface area contributed by atoms with E-state index in [4.69, 9.17) is 53.1 Å². The van der Waals surface area contributed by atoms with Gasteiger partial charge in [0.25, 0.3) is 0 Å². The molecule has 0 fully saturated rings. The van der Waals surface area contributed by atoms with Crippen molar-refractivity contribution in [3.05, 3.63) is 24.3 Å². The van der Waals surface area contributed by atoms with E-state index >= 15 is 0 Å². The Bertz CT molecular complexity index is 709. The molecule has 0 aliphatic heterocycles. The number of esters is 1. The van der Waals surface area contributed by atoms with Crippen LogP contribution in [0.25, 0.3) is 0 Å². The van der Waals surface area contributed by atoms with E-state index in [1.165, 1.54) is 0 Å². The van der Waals surface area contributed by atoms with E-state index in [1.54, 1.807) is 12.1 Å². The Morgan fingerprint density at radius 3 is 1.26 bits per heavy atom. The van der Waals surface area contributed by atoms with E-state index in [9.17, 15) is 4.79 Å². The third-order valence-corrected chi connectivity index (χ3v) is 5.46. The fraction of sp³-hybridized carbons (Fsp3) is 0.767. The monoisotopic (exact) mass is 603 g/mol. The Morgan fingerprint density at radius 2 is 0.881 bits per heavy atom. The van der Waals surface area contributed by atoms with Gasteiger partial charge in [-0.1, -0.05) is 19.8 Å². The van der Waals surface area contributed by atoms with Gasteiger partial charge in [-0.3, -0.25) is 4.79 Å². The van der Waals surface area contributed by atoms with Gasteiger partial charge in [0.15, 0.2) is 0 Å². The third-order valence-electron chi connectivity index (χ3n) is 5.46. The Balaban J connectivity index is 1.65. The van der Waals surface area contributed by atoms with Gasteiger partial charge in [-0.15, -0.1) is 0 Å². The van der Waals surface area contributed by atoms with Gasteiger partial charge in [-0.2, -0.15) is 0 Å². The van der Waals surface area contributed by atoms with Crippen molar-refractivity contribution in [2.75, 3.05) is 125 Å². The molecule has 0 aliphatic rings. The molecule has 0 spiro atoms. The zero-order valence-corrected chi connectivity index (χ0v) is 25.4. The number of ether oxygens (including phenoxy) is 10. The lowest BCUT2D eigenvalue weighted by atomic mass is 10.2. The van der Waals surface area contributed by atoms with E-state index in [2.05, 4.69) is 6.92 Å². The molecule has 0 bridgehead atoms. The molecule has 2 N–H and O–H groups in total. The molecule has 42 heavy (non-hydrogen) atoms. The zero-order valence-electron chi connectivity index (χ0n) is 25.4. The lowest BCUT2D eigenvalue weighted by molar-refractivity contribution is -0.145. The highest BCUT2D eigenvalue weighted by atomic mass is 16.6. The third kappa shape index (κ3) is 26.8. The van der Waals surface area contributed by atoms with Crippen LogP contribution in [-0.4, -0.2) is 125 Å². The summed E-state index contributed by atoms with van der Waals surface area (Å²) in [5, 5.41) is 0. The summed E-state index contributed by atoms with van der Waals surface area (Å²) in [4.78, 5) is 11.4. The van der Waals surface area contributed by atoms with Gasteiger partial charge in [0.1, 0.15) is 19.0 Å². The number of carbonyl (C=O) groups is 1.